The Morgan fingerprint density at radius 1 is 1.53 bits per heavy atom. The molecule has 0 saturated heterocycles. The highest BCUT2D eigenvalue weighted by molar-refractivity contribution is 5.72. The van der Waals surface area contributed by atoms with Gasteiger partial charge in [-0.3, -0.25) is 4.89 Å². The van der Waals surface area contributed by atoms with Crippen LogP contribution in [0.5, 0.6) is 5.75 Å². The highest BCUT2D eigenvalue weighted by Crippen LogP contribution is 2.18. The van der Waals surface area contributed by atoms with Crippen molar-refractivity contribution < 1.29 is 19.7 Å². The SMILES string of the molecule is COOC(=O)Cc1ccc(O)c(CN)c1. The van der Waals surface area contributed by atoms with E-state index >= 15 is 0 Å². The van der Waals surface area contributed by atoms with Crippen molar-refractivity contribution in [3.05, 3.63) is 29.3 Å². The molecule has 5 heteroatoms. The van der Waals surface area contributed by atoms with Crippen molar-refractivity contribution >= 4 is 5.97 Å². The van der Waals surface area contributed by atoms with Crippen LogP contribution in [0.15, 0.2) is 18.2 Å². The molecule has 0 radical (unpaired) electrons. The molecular weight excluding hydrogens is 198 g/mol. The molecule has 0 aliphatic heterocycles. The molecule has 0 saturated carbocycles. The second kappa shape index (κ2) is 5.33. The van der Waals surface area contributed by atoms with Gasteiger partial charge in [-0.1, -0.05) is 12.1 Å². The summed E-state index contributed by atoms with van der Waals surface area (Å²) in [6.45, 7) is 0.221. The Kier molecular flexibility index (Phi) is 4.08. The number of carbonyl (C=O) groups is 1. The minimum atomic E-state index is -0.494. The number of nitrogens with two attached hydrogens (primary N) is 1. The van der Waals surface area contributed by atoms with Crippen LogP contribution in [-0.4, -0.2) is 18.2 Å². The Labute approximate surface area is 87.3 Å². The van der Waals surface area contributed by atoms with E-state index < -0.39 is 5.97 Å². The molecule has 0 amide bonds. The lowest BCUT2D eigenvalue weighted by atomic mass is 10.1. The van der Waals surface area contributed by atoms with Gasteiger partial charge in [-0.15, -0.1) is 0 Å². The monoisotopic (exact) mass is 211 g/mol. The van der Waals surface area contributed by atoms with Gasteiger partial charge in [0, 0.05) is 12.1 Å². The Morgan fingerprint density at radius 3 is 2.87 bits per heavy atom. The summed E-state index contributed by atoms with van der Waals surface area (Å²) in [6, 6.07) is 4.79. The van der Waals surface area contributed by atoms with Crippen molar-refractivity contribution in [1.29, 1.82) is 0 Å². The largest absolute Gasteiger partial charge is 0.508 e. The quantitative estimate of drug-likeness (QED) is 0.559. The smallest absolute Gasteiger partial charge is 0.346 e. The lowest BCUT2D eigenvalue weighted by molar-refractivity contribution is -0.254. The van der Waals surface area contributed by atoms with Crippen molar-refractivity contribution in [2.75, 3.05) is 7.11 Å². The average Bonchev–Trinajstić information content (AvgIpc) is 2.21. The van der Waals surface area contributed by atoms with E-state index in [4.69, 9.17) is 5.73 Å². The third kappa shape index (κ3) is 3.23. The molecule has 3 N–H and O–H groups in total. The fourth-order valence-electron chi connectivity index (χ4n) is 1.20. The van der Waals surface area contributed by atoms with Crippen LogP contribution in [0.4, 0.5) is 0 Å². The summed E-state index contributed by atoms with van der Waals surface area (Å²) in [4.78, 5) is 19.6. The van der Waals surface area contributed by atoms with Gasteiger partial charge in [0.1, 0.15) is 5.75 Å². The highest BCUT2D eigenvalue weighted by atomic mass is 17.2. The Hall–Kier alpha value is -1.59. The number of hydrogen-bond donors (Lipinski definition) is 2. The lowest BCUT2D eigenvalue weighted by Crippen LogP contribution is -2.07. The van der Waals surface area contributed by atoms with Gasteiger partial charge in [-0.25, -0.2) is 4.79 Å². The molecule has 1 aromatic carbocycles. The van der Waals surface area contributed by atoms with Gasteiger partial charge in [0.05, 0.1) is 13.5 Å². The molecule has 0 spiro atoms. The molecule has 0 bridgehead atoms. The molecule has 0 fully saturated rings. The summed E-state index contributed by atoms with van der Waals surface area (Å²) in [6.07, 6.45) is 0.0844. The molecule has 0 aliphatic rings. The zero-order chi connectivity index (χ0) is 11.3. The topological polar surface area (TPSA) is 81.8 Å². The van der Waals surface area contributed by atoms with E-state index in [1.165, 1.54) is 13.2 Å². The van der Waals surface area contributed by atoms with Gasteiger partial charge >= 0.3 is 5.97 Å². The van der Waals surface area contributed by atoms with Crippen LogP contribution in [-0.2, 0) is 27.5 Å². The van der Waals surface area contributed by atoms with Gasteiger partial charge in [-0.05, 0) is 11.6 Å². The zero-order valence-electron chi connectivity index (χ0n) is 8.40. The van der Waals surface area contributed by atoms with E-state index in [1.807, 2.05) is 0 Å². The summed E-state index contributed by atoms with van der Waals surface area (Å²) >= 11 is 0. The van der Waals surface area contributed by atoms with Crippen LogP contribution < -0.4 is 5.73 Å². The predicted octanol–water partition coefficient (Wildman–Crippen LogP) is 0.498. The van der Waals surface area contributed by atoms with Crippen molar-refractivity contribution in [2.45, 2.75) is 13.0 Å². The third-order valence-corrected chi connectivity index (χ3v) is 1.89. The summed E-state index contributed by atoms with van der Waals surface area (Å²) < 4.78 is 0. The molecule has 0 aromatic heterocycles. The van der Waals surface area contributed by atoms with Crippen molar-refractivity contribution in [1.82, 2.24) is 0 Å². The molecule has 1 rings (SSSR count). The van der Waals surface area contributed by atoms with E-state index in [-0.39, 0.29) is 18.7 Å². The Balaban J connectivity index is 2.74. The second-order valence-electron chi connectivity index (χ2n) is 2.97. The Bertz CT molecular complexity index is 351. The molecule has 15 heavy (non-hydrogen) atoms. The number of carbonyl (C=O) groups excluding carboxylic acids is 1. The van der Waals surface area contributed by atoms with Crippen LogP contribution in [0.3, 0.4) is 0 Å². The third-order valence-electron chi connectivity index (χ3n) is 1.89. The molecule has 5 nitrogen and oxygen atoms in total. The molecule has 82 valence electrons. The first kappa shape index (κ1) is 11.5. The van der Waals surface area contributed by atoms with E-state index in [9.17, 15) is 9.90 Å². The molecule has 0 aliphatic carbocycles. The molecule has 1 aromatic rings. The first-order valence-corrected chi connectivity index (χ1v) is 4.41. The first-order valence-electron chi connectivity index (χ1n) is 4.41. The fourth-order valence-corrected chi connectivity index (χ4v) is 1.20. The normalized spacial score (nSPS) is 10.0. The van der Waals surface area contributed by atoms with E-state index in [1.54, 1.807) is 12.1 Å². The standard InChI is InChI=1S/C10H13NO4/c1-14-15-10(13)5-7-2-3-9(12)8(4-7)6-11/h2-4,12H,5-6,11H2,1H3. The summed E-state index contributed by atoms with van der Waals surface area (Å²) in [7, 11) is 1.26. The number of aromatic hydroxyl groups is 1. The minimum absolute atomic E-state index is 0.0844. The van der Waals surface area contributed by atoms with Crippen LogP contribution in [0.1, 0.15) is 11.1 Å². The van der Waals surface area contributed by atoms with Gasteiger partial charge in [0.25, 0.3) is 0 Å². The predicted molar refractivity (Wildman–Crippen MR) is 52.8 cm³/mol. The van der Waals surface area contributed by atoms with Gasteiger partial charge in [-0.2, -0.15) is 4.89 Å². The second-order valence-corrected chi connectivity index (χ2v) is 2.97. The van der Waals surface area contributed by atoms with E-state index in [0.717, 1.165) is 5.56 Å². The maximum absolute atomic E-state index is 11.1. The zero-order valence-corrected chi connectivity index (χ0v) is 8.40. The molecule has 0 heterocycles. The number of phenolic OH excluding ortho intramolecular Hbond substituents is 1. The van der Waals surface area contributed by atoms with Crippen LogP contribution >= 0.6 is 0 Å². The molecular formula is C10H13NO4. The minimum Gasteiger partial charge on any atom is -0.508 e. The number of phenols is 1. The van der Waals surface area contributed by atoms with Crippen molar-refractivity contribution in [2.24, 2.45) is 5.73 Å². The summed E-state index contributed by atoms with van der Waals surface area (Å²) in [5.74, 6) is -0.368. The van der Waals surface area contributed by atoms with E-state index in [2.05, 4.69) is 9.78 Å². The summed E-state index contributed by atoms with van der Waals surface area (Å²) in [5, 5.41) is 9.35. The Morgan fingerprint density at radius 2 is 2.27 bits per heavy atom. The van der Waals surface area contributed by atoms with Crippen LogP contribution in [0.2, 0.25) is 0 Å². The van der Waals surface area contributed by atoms with Crippen LogP contribution in [0.25, 0.3) is 0 Å². The fraction of sp³-hybridized carbons (Fsp3) is 0.300. The van der Waals surface area contributed by atoms with Crippen molar-refractivity contribution in [3.8, 4) is 5.75 Å². The van der Waals surface area contributed by atoms with Gasteiger partial charge < -0.3 is 10.8 Å². The van der Waals surface area contributed by atoms with Crippen LogP contribution in [0, 0.1) is 0 Å². The number of benzene rings is 1. The first-order chi connectivity index (χ1) is 7.17. The molecule has 0 atom stereocenters. The maximum Gasteiger partial charge on any atom is 0.346 e. The van der Waals surface area contributed by atoms with Crippen molar-refractivity contribution in [3.63, 3.8) is 0 Å². The lowest BCUT2D eigenvalue weighted by Gasteiger charge is -2.05. The number of rotatable bonds is 4. The summed E-state index contributed by atoms with van der Waals surface area (Å²) in [5.41, 5.74) is 6.72. The number of hydrogen-bond acceptors (Lipinski definition) is 5. The van der Waals surface area contributed by atoms with Gasteiger partial charge in [0.15, 0.2) is 0 Å². The highest BCUT2D eigenvalue weighted by Gasteiger charge is 2.07. The van der Waals surface area contributed by atoms with Gasteiger partial charge in [0.2, 0.25) is 0 Å². The van der Waals surface area contributed by atoms with E-state index in [0.29, 0.717) is 5.56 Å². The molecule has 0 unspecified atom stereocenters. The average molecular weight is 211 g/mol. The maximum atomic E-state index is 11.1.